The third-order valence-corrected chi connectivity index (χ3v) is 1.38. The highest BCUT2D eigenvalue weighted by Gasteiger charge is 1.94. The van der Waals surface area contributed by atoms with E-state index >= 15 is 0 Å². The van der Waals surface area contributed by atoms with E-state index in [1.807, 2.05) is 12.1 Å². The molecular formula is C12H10N2. The smallest absolute Gasteiger partial charge is 0.0997 e. The lowest BCUT2D eigenvalue weighted by atomic mass is 10.1. The summed E-state index contributed by atoms with van der Waals surface area (Å²) in [5.74, 6) is 0. The van der Waals surface area contributed by atoms with Crippen LogP contribution < -0.4 is 0 Å². The van der Waals surface area contributed by atoms with Gasteiger partial charge in [0.25, 0.3) is 0 Å². The maximum Gasteiger partial charge on any atom is 0.0997 e. The molecule has 0 spiro atoms. The molecule has 0 heterocycles. The molecule has 2 nitrogen and oxygen atoms in total. The van der Waals surface area contributed by atoms with Gasteiger partial charge in [0.15, 0.2) is 0 Å². The van der Waals surface area contributed by atoms with E-state index in [0.29, 0.717) is 11.1 Å². The van der Waals surface area contributed by atoms with Crippen molar-refractivity contribution in [2.45, 2.75) is 0 Å². The topological polar surface area (TPSA) is 47.6 Å². The predicted molar refractivity (Wildman–Crippen MR) is 56.9 cm³/mol. The fraction of sp³-hybridized carbons (Fsp3) is 0. The van der Waals surface area contributed by atoms with Crippen LogP contribution in [0.3, 0.4) is 0 Å². The average Bonchev–Trinajstić information content (AvgIpc) is 2.22. The van der Waals surface area contributed by atoms with Crippen molar-refractivity contribution in [3.8, 4) is 12.1 Å². The molecule has 0 aromatic heterocycles. The molecule has 0 aliphatic heterocycles. The van der Waals surface area contributed by atoms with Crippen LogP contribution in [0.2, 0.25) is 0 Å². The molecule has 0 aliphatic rings. The van der Waals surface area contributed by atoms with Crippen LogP contribution in [-0.2, 0) is 0 Å². The minimum atomic E-state index is 0.426. The first kappa shape index (κ1) is 11.7. The molecule has 0 bridgehead atoms. The molecule has 0 amide bonds. The van der Waals surface area contributed by atoms with Gasteiger partial charge in [-0.25, -0.2) is 0 Å². The van der Waals surface area contributed by atoms with Crippen molar-refractivity contribution >= 4 is 0 Å². The summed E-state index contributed by atoms with van der Waals surface area (Å²) in [5.41, 5.74) is 1.07. The number of hydrogen-bond donors (Lipinski definition) is 0. The van der Waals surface area contributed by atoms with E-state index in [0.717, 1.165) is 0 Å². The SMILES string of the molecule is C=CC=CC(C=CC#N)=C(C#N)C=C. The summed E-state index contributed by atoms with van der Waals surface area (Å²) < 4.78 is 0. The molecule has 0 aliphatic carbocycles. The molecule has 68 valence electrons. The zero-order chi connectivity index (χ0) is 10.8. The van der Waals surface area contributed by atoms with E-state index in [1.54, 1.807) is 24.3 Å². The second kappa shape index (κ2) is 7.34. The monoisotopic (exact) mass is 182 g/mol. The maximum atomic E-state index is 8.74. The normalized spacial score (nSPS) is 11.9. The summed E-state index contributed by atoms with van der Waals surface area (Å²) in [5, 5.41) is 17.1. The zero-order valence-electron chi connectivity index (χ0n) is 7.77. The summed E-state index contributed by atoms with van der Waals surface area (Å²) in [4.78, 5) is 0. The molecule has 0 unspecified atom stereocenters. The lowest BCUT2D eigenvalue weighted by Crippen LogP contribution is -1.79. The van der Waals surface area contributed by atoms with Crippen LogP contribution in [-0.4, -0.2) is 0 Å². The highest BCUT2D eigenvalue weighted by atomic mass is 14.2. The van der Waals surface area contributed by atoms with Crippen molar-refractivity contribution in [1.29, 1.82) is 10.5 Å². The Balaban J connectivity index is 5.20. The molecule has 0 radical (unpaired) electrons. The Morgan fingerprint density at radius 2 is 1.86 bits per heavy atom. The van der Waals surface area contributed by atoms with Crippen molar-refractivity contribution in [3.63, 3.8) is 0 Å². The number of allylic oxidation sites excluding steroid dienone is 8. The molecule has 0 N–H and O–H groups in total. The van der Waals surface area contributed by atoms with Crippen molar-refractivity contribution in [3.05, 3.63) is 60.8 Å². The number of nitrogens with zero attached hydrogens (tertiary/aromatic N) is 2. The Labute approximate surface area is 84.1 Å². The third-order valence-electron chi connectivity index (χ3n) is 1.38. The van der Waals surface area contributed by atoms with Crippen LogP contribution in [0.25, 0.3) is 0 Å². The van der Waals surface area contributed by atoms with Crippen molar-refractivity contribution in [1.82, 2.24) is 0 Å². The molecule has 0 atom stereocenters. The van der Waals surface area contributed by atoms with E-state index < -0.39 is 0 Å². The van der Waals surface area contributed by atoms with Crippen LogP contribution in [0.4, 0.5) is 0 Å². The highest BCUT2D eigenvalue weighted by molar-refractivity contribution is 5.48. The maximum absolute atomic E-state index is 8.74. The zero-order valence-corrected chi connectivity index (χ0v) is 7.77. The minimum absolute atomic E-state index is 0.426. The minimum Gasteiger partial charge on any atom is -0.193 e. The third kappa shape index (κ3) is 3.90. The van der Waals surface area contributed by atoms with Gasteiger partial charge in [0.05, 0.1) is 17.7 Å². The van der Waals surface area contributed by atoms with Crippen molar-refractivity contribution in [2.24, 2.45) is 0 Å². The molecule has 2 heteroatoms. The fourth-order valence-electron chi connectivity index (χ4n) is 0.762. The average molecular weight is 182 g/mol. The van der Waals surface area contributed by atoms with Gasteiger partial charge in [-0.1, -0.05) is 37.5 Å². The Morgan fingerprint density at radius 3 is 2.29 bits per heavy atom. The summed E-state index contributed by atoms with van der Waals surface area (Å²) in [6.07, 6.45) is 9.30. The molecule has 0 saturated heterocycles. The Morgan fingerprint density at radius 1 is 1.14 bits per heavy atom. The molecule has 0 rings (SSSR count). The molecule has 0 aromatic rings. The van der Waals surface area contributed by atoms with Crippen LogP contribution >= 0.6 is 0 Å². The van der Waals surface area contributed by atoms with Crippen LogP contribution in [0, 0.1) is 22.7 Å². The van der Waals surface area contributed by atoms with Gasteiger partial charge in [0.2, 0.25) is 0 Å². The van der Waals surface area contributed by atoms with Gasteiger partial charge in [-0.3, -0.25) is 0 Å². The first-order valence-electron chi connectivity index (χ1n) is 3.92. The molecule has 14 heavy (non-hydrogen) atoms. The molecule has 0 saturated carbocycles. The standard InChI is InChI=1S/C12H10N2/c1-3-5-7-12(8-6-9-13)11(4-2)10-14/h3-8H,1-2H2. The van der Waals surface area contributed by atoms with E-state index in [1.165, 1.54) is 12.2 Å². The number of nitriles is 2. The van der Waals surface area contributed by atoms with Crippen LogP contribution in [0.1, 0.15) is 0 Å². The Kier molecular flexibility index (Phi) is 6.12. The van der Waals surface area contributed by atoms with Gasteiger partial charge in [0.1, 0.15) is 0 Å². The Hall–Kier alpha value is -2.32. The van der Waals surface area contributed by atoms with Crippen molar-refractivity contribution in [2.75, 3.05) is 0 Å². The Bertz CT molecular complexity index is 382. The lowest BCUT2D eigenvalue weighted by molar-refractivity contribution is 1.47. The van der Waals surface area contributed by atoms with Gasteiger partial charge < -0.3 is 0 Å². The summed E-state index contributed by atoms with van der Waals surface area (Å²) >= 11 is 0. The van der Waals surface area contributed by atoms with Gasteiger partial charge >= 0.3 is 0 Å². The summed E-state index contributed by atoms with van der Waals surface area (Å²) in [6, 6.07) is 3.84. The van der Waals surface area contributed by atoms with Crippen LogP contribution in [0.15, 0.2) is 60.8 Å². The van der Waals surface area contributed by atoms with Crippen LogP contribution in [0.5, 0.6) is 0 Å². The first-order valence-corrected chi connectivity index (χ1v) is 3.92. The summed E-state index contributed by atoms with van der Waals surface area (Å²) in [6.45, 7) is 7.03. The first-order chi connectivity index (χ1) is 6.79. The van der Waals surface area contributed by atoms with E-state index in [4.69, 9.17) is 10.5 Å². The number of hydrogen-bond acceptors (Lipinski definition) is 2. The molecule has 0 fully saturated rings. The van der Waals surface area contributed by atoms with E-state index in [-0.39, 0.29) is 0 Å². The largest absolute Gasteiger partial charge is 0.193 e. The van der Waals surface area contributed by atoms with Crippen molar-refractivity contribution < 1.29 is 0 Å². The van der Waals surface area contributed by atoms with E-state index in [2.05, 4.69) is 13.2 Å². The van der Waals surface area contributed by atoms with Gasteiger partial charge in [-0.05, 0) is 11.6 Å². The van der Waals surface area contributed by atoms with Gasteiger partial charge in [-0.2, -0.15) is 10.5 Å². The summed E-state index contributed by atoms with van der Waals surface area (Å²) in [7, 11) is 0. The predicted octanol–water partition coefficient (Wildman–Crippen LogP) is 2.81. The van der Waals surface area contributed by atoms with Gasteiger partial charge in [-0.15, -0.1) is 0 Å². The lowest BCUT2D eigenvalue weighted by Gasteiger charge is -1.93. The molecular weight excluding hydrogens is 172 g/mol. The second-order valence-corrected chi connectivity index (χ2v) is 2.24. The van der Waals surface area contributed by atoms with E-state index in [9.17, 15) is 0 Å². The highest BCUT2D eigenvalue weighted by Crippen LogP contribution is 2.08. The molecule has 0 aromatic carbocycles. The quantitative estimate of drug-likeness (QED) is 0.495. The van der Waals surface area contributed by atoms with Gasteiger partial charge in [0, 0.05) is 6.08 Å². The second-order valence-electron chi connectivity index (χ2n) is 2.24. The number of rotatable bonds is 4. The fourth-order valence-corrected chi connectivity index (χ4v) is 0.762.